The molecule has 2 N–H and O–H groups in total. The van der Waals surface area contributed by atoms with Crippen LogP contribution in [0, 0.1) is 23.2 Å². The molecule has 1 amide bonds. The highest BCUT2D eigenvalue weighted by atomic mass is 35.5. The molecule has 0 unspecified atom stereocenters. The summed E-state index contributed by atoms with van der Waals surface area (Å²) in [4.78, 5) is 21.1. The zero-order chi connectivity index (χ0) is 26.5. The number of thiazole rings is 1. The molecule has 1 aliphatic heterocycles. The summed E-state index contributed by atoms with van der Waals surface area (Å²) >= 11 is 9.17. The number of amides is 1. The number of carbonyl (C=O) groups excluding carboxylic acids is 1. The van der Waals surface area contributed by atoms with Crippen LogP contribution >= 0.6 is 34.7 Å². The number of thioether (sulfide) groups is 1. The van der Waals surface area contributed by atoms with Crippen molar-refractivity contribution in [2.24, 2.45) is 23.2 Å². The third-order valence-electron chi connectivity index (χ3n) is 8.62. The minimum absolute atomic E-state index is 0.0475. The summed E-state index contributed by atoms with van der Waals surface area (Å²) in [5.41, 5.74) is 0.721. The molecule has 1 aromatic carbocycles. The van der Waals surface area contributed by atoms with Crippen LogP contribution < -0.4 is 4.72 Å². The molecule has 202 valence electrons. The van der Waals surface area contributed by atoms with Gasteiger partial charge in [0, 0.05) is 46.3 Å². The minimum atomic E-state index is -3.79. The van der Waals surface area contributed by atoms with Gasteiger partial charge >= 0.3 is 0 Å². The number of fused-ring (bicyclic) bond motifs is 2. The number of hydrogen-bond donors (Lipinski definition) is 2. The van der Waals surface area contributed by atoms with Crippen LogP contribution in [0.1, 0.15) is 50.1 Å². The van der Waals surface area contributed by atoms with Gasteiger partial charge in [0.1, 0.15) is 0 Å². The molecule has 0 spiro atoms. The number of carbonyl (C=O) groups is 1. The second kappa shape index (κ2) is 10.3. The van der Waals surface area contributed by atoms with Crippen molar-refractivity contribution < 1.29 is 18.3 Å². The van der Waals surface area contributed by atoms with Crippen molar-refractivity contribution in [3.05, 3.63) is 39.9 Å². The molecule has 0 bridgehead atoms. The second-order valence-electron chi connectivity index (χ2n) is 11.0. The van der Waals surface area contributed by atoms with Gasteiger partial charge in [0.15, 0.2) is 5.13 Å². The van der Waals surface area contributed by atoms with Gasteiger partial charge < -0.3 is 10.0 Å². The maximum Gasteiger partial charge on any atom is 0.263 e. The summed E-state index contributed by atoms with van der Waals surface area (Å²) in [5.74, 6) is 1.68. The van der Waals surface area contributed by atoms with E-state index >= 15 is 0 Å². The summed E-state index contributed by atoms with van der Waals surface area (Å²) < 4.78 is 28.5. The molecule has 7 nitrogen and oxygen atoms in total. The number of nitrogens with zero attached hydrogens (tertiary/aromatic N) is 2. The predicted octanol–water partition coefficient (Wildman–Crippen LogP) is 4.86. The van der Waals surface area contributed by atoms with Crippen molar-refractivity contribution in [3.63, 3.8) is 0 Å². The average molecular weight is 584 g/mol. The SMILES string of the molecule is C[C@H](C(=O)N1CCSCC1)[C@H]1CC[C@@]2(C)Cc3sc(NS(=O)(=O)c4ccc(Cl)cc4)nc3[C@@H](C)[C@@H]2[C@H]1O. The van der Waals surface area contributed by atoms with E-state index in [1.165, 1.54) is 23.5 Å². The standard InChI is InChI=1S/C26H34ClN3O4S3/c1-15(24(32)30-10-12-35-13-11-30)19-8-9-26(3)14-20-22(16(2)21(26)23(19)31)28-25(36-20)29-37(33,34)18-6-4-17(27)5-7-18/h4-7,15-16,19,21,23,31H,8-14H2,1-3H3,(H,28,29)/t15-,16-,19+,21+,23-,26-/m0/s1. The van der Waals surface area contributed by atoms with Gasteiger partial charge in [-0.15, -0.1) is 11.3 Å². The Kier molecular flexibility index (Phi) is 7.61. The Morgan fingerprint density at radius 1 is 1.27 bits per heavy atom. The van der Waals surface area contributed by atoms with E-state index in [0.29, 0.717) is 10.2 Å². The van der Waals surface area contributed by atoms with E-state index in [4.69, 9.17) is 16.6 Å². The zero-order valence-corrected chi connectivity index (χ0v) is 24.5. The summed E-state index contributed by atoms with van der Waals surface area (Å²) in [6.07, 6.45) is 1.85. The summed E-state index contributed by atoms with van der Waals surface area (Å²) in [7, 11) is -3.79. The molecule has 0 radical (unpaired) electrons. The number of aliphatic hydroxyl groups is 1. The Morgan fingerprint density at radius 3 is 2.62 bits per heavy atom. The van der Waals surface area contributed by atoms with E-state index in [1.54, 1.807) is 12.1 Å². The Labute approximate surface area is 232 Å². The van der Waals surface area contributed by atoms with Crippen LogP contribution in [0.3, 0.4) is 0 Å². The van der Waals surface area contributed by atoms with Gasteiger partial charge in [-0.25, -0.2) is 13.4 Å². The summed E-state index contributed by atoms with van der Waals surface area (Å²) in [6.45, 7) is 7.85. The van der Waals surface area contributed by atoms with E-state index in [-0.39, 0.29) is 39.9 Å². The number of anilines is 1. The van der Waals surface area contributed by atoms with E-state index < -0.39 is 16.1 Å². The highest BCUT2D eigenvalue weighted by molar-refractivity contribution is 7.99. The van der Waals surface area contributed by atoms with E-state index in [2.05, 4.69) is 18.6 Å². The molecule has 1 saturated carbocycles. The van der Waals surface area contributed by atoms with E-state index in [9.17, 15) is 18.3 Å². The Bertz CT molecular complexity index is 1260. The lowest BCUT2D eigenvalue weighted by atomic mass is 9.53. The van der Waals surface area contributed by atoms with Crippen molar-refractivity contribution in [2.75, 3.05) is 29.3 Å². The van der Waals surface area contributed by atoms with Crippen molar-refractivity contribution in [1.29, 1.82) is 0 Å². The van der Waals surface area contributed by atoms with Crippen molar-refractivity contribution in [1.82, 2.24) is 9.88 Å². The summed E-state index contributed by atoms with van der Waals surface area (Å²) in [6, 6.07) is 6.03. The topological polar surface area (TPSA) is 99.6 Å². The second-order valence-corrected chi connectivity index (χ2v) is 15.4. The largest absolute Gasteiger partial charge is 0.392 e. The van der Waals surface area contributed by atoms with Crippen LogP contribution in [0.25, 0.3) is 0 Å². The Balaban J connectivity index is 1.36. The molecule has 2 fully saturated rings. The Morgan fingerprint density at radius 2 is 1.95 bits per heavy atom. The lowest BCUT2D eigenvalue weighted by Gasteiger charge is -2.53. The highest BCUT2D eigenvalue weighted by Gasteiger charge is 2.54. The first-order valence-corrected chi connectivity index (χ1v) is 16.7. The number of rotatable bonds is 5. The molecule has 5 rings (SSSR count). The van der Waals surface area contributed by atoms with Crippen molar-refractivity contribution >= 4 is 55.8 Å². The van der Waals surface area contributed by atoms with Crippen LogP contribution in [0.2, 0.25) is 5.02 Å². The molecule has 2 aromatic rings. The van der Waals surface area contributed by atoms with Gasteiger partial charge in [-0.1, -0.05) is 32.4 Å². The van der Waals surface area contributed by atoms with Gasteiger partial charge in [0.25, 0.3) is 10.0 Å². The number of aromatic nitrogens is 1. The first-order chi connectivity index (χ1) is 17.5. The van der Waals surface area contributed by atoms with Crippen LogP contribution in [0.5, 0.6) is 0 Å². The maximum absolute atomic E-state index is 13.3. The van der Waals surface area contributed by atoms with Crippen LogP contribution in [-0.4, -0.2) is 60.0 Å². The van der Waals surface area contributed by atoms with Crippen LogP contribution in [0.4, 0.5) is 5.13 Å². The molecule has 1 saturated heterocycles. The lowest BCUT2D eigenvalue weighted by molar-refractivity contribution is -0.144. The molecule has 2 heterocycles. The molecule has 1 aromatic heterocycles. The van der Waals surface area contributed by atoms with Gasteiger partial charge in [0.05, 0.1) is 16.7 Å². The fraction of sp³-hybridized carbons (Fsp3) is 0.615. The molecule has 37 heavy (non-hydrogen) atoms. The van der Waals surface area contributed by atoms with Gasteiger partial charge in [-0.2, -0.15) is 11.8 Å². The fourth-order valence-electron chi connectivity index (χ4n) is 6.63. The van der Waals surface area contributed by atoms with Crippen molar-refractivity contribution in [2.45, 2.75) is 57.0 Å². The number of halogens is 1. The quantitative estimate of drug-likeness (QED) is 0.521. The molecule has 2 aliphatic carbocycles. The normalized spacial score (nSPS) is 30.8. The van der Waals surface area contributed by atoms with E-state index in [1.807, 2.05) is 23.6 Å². The molecule has 3 aliphatic rings. The zero-order valence-electron chi connectivity index (χ0n) is 21.3. The third-order valence-corrected chi connectivity index (χ3v) is 12.3. The molecular weight excluding hydrogens is 550 g/mol. The third kappa shape index (κ3) is 5.16. The first kappa shape index (κ1) is 27.2. The monoisotopic (exact) mass is 583 g/mol. The van der Waals surface area contributed by atoms with Gasteiger partial charge in [0.2, 0.25) is 5.91 Å². The number of hydrogen-bond acceptors (Lipinski definition) is 7. The number of aliphatic hydroxyl groups excluding tert-OH is 1. The fourth-order valence-corrected chi connectivity index (χ4v) is 10.2. The summed E-state index contributed by atoms with van der Waals surface area (Å²) in [5, 5.41) is 12.5. The highest BCUT2D eigenvalue weighted by Crippen LogP contribution is 2.57. The number of sulfonamides is 1. The minimum Gasteiger partial charge on any atom is -0.392 e. The van der Waals surface area contributed by atoms with Gasteiger partial charge in [-0.05, 0) is 60.8 Å². The maximum atomic E-state index is 13.3. The smallest absolute Gasteiger partial charge is 0.263 e. The van der Waals surface area contributed by atoms with Crippen molar-refractivity contribution in [3.8, 4) is 0 Å². The molecule has 6 atom stereocenters. The molecular formula is C26H34ClN3O4S3. The lowest BCUT2D eigenvalue weighted by Crippen LogP contribution is -2.54. The van der Waals surface area contributed by atoms with E-state index in [0.717, 1.165) is 54.4 Å². The molecule has 11 heteroatoms. The average Bonchev–Trinajstić information content (AvgIpc) is 3.25. The van der Waals surface area contributed by atoms with Crippen LogP contribution in [-0.2, 0) is 21.2 Å². The van der Waals surface area contributed by atoms with Gasteiger partial charge in [-0.3, -0.25) is 9.52 Å². The number of nitrogens with one attached hydrogen (secondary N) is 1. The number of benzene rings is 1. The predicted molar refractivity (Wildman–Crippen MR) is 150 cm³/mol. The Hall–Kier alpha value is -1.33. The first-order valence-electron chi connectivity index (χ1n) is 12.8. The van der Waals surface area contributed by atoms with Crippen LogP contribution in [0.15, 0.2) is 29.2 Å².